The molecule has 2 aromatic rings. The molecule has 0 aliphatic heterocycles. The van der Waals surface area contributed by atoms with E-state index in [4.69, 9.17) is 15.2 Å². The second-order valence-electron chi connectivity index (χ2n) is 3.73. The van der Waals surface area contributed by atoms with E-state index in [1.165, 1.54) is 19.2 Å². The summed E-state index contributed by atoms with van der Waals surface area (Å²) in [7, 11) is 1.43. The van der Waals surface area contributed by atoms with Crippen LogP contribution in [-0.2, 0) is 13.2 Å². The fourth-order valence-corrected chi connectivity index (χ4v) is 1.60. The lowest BCUT2D eigenvalue weighted by Crippen LogP contribution is -2.05. The average molecular weight is 280 g/mol. The number of rotatable bonds is 6. The van der Waals surface area contributed by atoms with Crippen LogP contribution in [0.3, 0.4) is 0 Å². The molecule has 0 spiro atoms. The van der Waals surface area contributed by atoms with Crippen molar-refractivity contribution in [3.8, 4) is 11.5 Å². The van der Waals surface area contributed by atoms with Gasteiger partial charge in [0.2, 0.25) is 12.2 Å². The molecule has 0 atom stereocenters. The Balaban J connectivity index is 2.30. The first-order valence-corrected chi connectivity index (χ1v) is 5.59. The van der Waals surface area contributed by atoms with Gasteiger partial charge in [-0.05, 0) is 6.07 Å². The van der Waals surface area contributed by atoms with Crippen LogP contribution >= 0.6 is 0 Å². The second-order valence-corrected chi connectivity index (χ2v) is 3.73. The quantitative estimate of drug-likeness (QED) is 0.613. The van der Waals surface area contributed by atoms with Crippen molar-refractivity contribution < 1.29 is 18.9 Å². The van der Waals surface area contributed by atoms with Crippen LogP contribution in [0.25, 0.3) is 0 Å². The number of hydrogen-bond donors (Lipinski definition) is 1. The topological polar surface area (TPSA) is 127 Å². The third-order valence-electron chi connectivity index (χ3n) is 2.55. The zero-order valence-corrected chi connectivity index (χ0v) is 10.6. The van der Waals surface area contributed by atoms with Gasteiger partial charge in [-0.2, -0.15) is 4.98 Å². The SMILES string of the molecule is COc1cc(CN)c([N+](=O)[O-])cc1OCc1ncon1. The molecule has 1 aromatic heterocycles. The second kappa shape index (κ2) is 5.97. The Morgan fingerprint density at radius 3 is 2.80 bits per heavy atom. The normalized spacial score (nSPS) is 10.3. The highest BCUT2D eigenvalue weighted by Gasteiger charge is 2.19. The molecule has 0 radical (unpaired) electrons. The number of nitrogens with two attached hydrogens (primary N) is 1. The van der Waals surface area contributed by atoms with Gasteiger partial charge in [0.05, 0.1) is 18.1 Å². The molecule has 0 aliphatic carbocycles. The van der Waals surface area contributed by atoms with Crippen LogP contribution in [0.5, 0.6) is 11.5 Å². The van der Waals surface area contributed by atoms with Crippen LogP contribution in [0.2, 0.25) is 0 Å². The summed E-state index contributed by atoms with van der Waals surface area (Å²) in [5, 5.41) is 14.6. The zero-order chi connectivity index (χ0) is 14.5. The van der Waals surface area contributed by atoms with Crippen LogP contribution in [0.1, 0.15) is 11.4 Å². The van der Waals surface area contributed by atoms with Crippen molar-refractivity contribution in [2.75, 3.05) is 7.11 Å². The fourth-order valence-electron chi connectivity index (χ4n) is 1.60. The van der Waals surface area contributed by atoms with Gasteiger partial charge in [-0.25, -0.2) is 0 Å². The summed E-state index contributed by atoms with van der Waals surface area (Å²) in [6.07, 6.45) is 1.16. The molecule has 9 nitrogen and oxygen atoms in total. The van der Waals surface area contributed by atoms with Crippen molar-refractivity contribution in [2.45, 2.75) is 13.2 Å². The zero-order valence-electron chi connectivity index (χ0n) is 10.6. The molecule has 1 heterocycles. The van der Waals surface area contributed by atoms with Gasteiger partial charge in [-0.1, -0.05) is 5.16 Å². The predicted octanol–water partition coefficient (Wildman–Crippen LogP) is 1.02. The Bertz CT molecular complexity index is 599. The molecule has 2 N–H and O–H groups in total. The Kier molecular flexibility index (Phi) is 4.11. The minimum Gasteiger partial charge on any atom is -0.493 e. The van der Waals surface area contributed by atoms with E-state index in [0.717, 1.165) is 6.39 Å². The molecule has 9 heteroatoms. The Morgan fingerprint density at radius 2 is 2.25 bits per heavy atom. The molecule has 1 aromatic carbocycles. The lowest BCUT2D eigenvalue weighted by Gasteiger charge is -2.11. The number of nitrogens with zero attached hydrogens (tertiary/aromatic N) is 3. The first-order valence-electron chi connectivity index (χ1n) is 5.59. The van der Waals surface area contributed by atoms with E-state index >= 15 is 0 Å². The van der Waals surface area contributed by atoms with E-state index in [9.17, 15) is 10.1 Å². The van der Waals surface area contributed by atoms with E-state index in [1.807, 2.05) is 0 Å². The van der Waals surface area contributed by atoms with E-state index in [2.05, 4.69) is 14.7 Å². The molecular weight excluding hydrogens is 268 g/mol. The lowest BCUT2D eigenvalue weighted by molar-refractivity contribution is -0.385. The standard InChI is InChI=1S/C11H12N4O5/c1-18-9-2-7(4-12)8(15(16)17)3-10(9)19-5-11-13-6-20-14-11/h2-3,6H,4-5,12H2,1H3. The van der Waals surface area contributed by atoms with E-state index < -0.39 is 4.92 Å². The maximum atomic E-state index is 11.0. The summed E-state index contributed by atoms with van der Waals surface area (Å²) in [6, 6.07) is 2.74. The molecule has 0 unspecified atom stereocenters. The first kappa shape index (κ1) is 13.7. The van der Waals surface area contributed by atoms with Crippen LogP contribution < -0.4 is 15.2 Å². The van der Waals surface area contributed by atoms with Gasteiger partial charge in [-0.15, -0.1) is 0 Å². The van der Waals surface area contributed by atoms with Crippen molar-refractivity contribution in [1.29, 1.82) is 0 Å². The smallest absolute Gasteiger partial charge is 0.277 e. The van der Waals surface area contributed by atoms with Crippen molar-refractivity contribution >= 4 is 5.69 Å². The van der Waals surface area contributed by atoms with Gasteiger partial charge >= 0.3 is 0 Å². The minimum atomic E-state index is -0.525. The predicted molar refractivity (Wildman–Crippen MR) is 66.2 cm³/mol. The highest BCUT2D eigenvalue weighted by atomic mass is 16.6. The van der Waals surface area contributed by atoms with Gasteiger partial charge in [-0.3, -0.25) is 10.1 Å². The Hall–Kier alpha value is -2.68. The molecule has 0 aliphatic rings. The first-order chi connectivity index (χ1) is 9.65. The summed E-state index contributed by atoms with van der Waals surface area (Å²) in [5.41, 5.74) is 5.71. The molecule has 0 amide bonds. The number of aromatic nitrogens is 2. The minimum absolute atomic E-state index is 0.00594. The van der Waals surface area contributed by atoms with E-state index in [0.29, 0.717) is 17.1 Å². The molecule has 0 saturated heterocycles. The van der Waals surface area contributed by atoms with Gasteiger partial charge in [0.25, 0.3) is 5.69 Å². The van der Waals surface area contributed by atoms with Crippen molar-refractivity contribution in [3.05, 3.63) is 40.0 Å². The highest BCUT2D eigenvalue weighted by molar-refractivity contribution is 5.54. The van der Waals surface area contributed by atoms with Gasteiger partial charge in [0.1, 0.15) is 0 Å². The third kappa shape index (κ3) is 2.83. The summed E-state index contributed by atoms with van der Waals surface area (Å²) in [4.78, 5) is 14.2. The third-order valence-corrected chi connectivity index (χ3v) is 2.55. The highest BCUT2D eigenvalue weighted by Crippen LogP contribution is 2.34. The maximum Gasteiger partial charge on any atom is 0.277 e. The maximum absolute atomic E-state index is 11.0. The molecule has 2 rings (SSSR count). The van der Waals surface area contributed by atoms with Crippen molar-refractivity contribution in [2.24, 2.45) is 5.73 Å². The summed E-state index contributed by atoms with van der Waals surface area (Å²) >= 11 is 0. The molecule has 0 bridgehead atoms. The number of methoxy groups -OCH3 is 1. The Labute approximate surface area is 113 Å². The van der Waals surface area contributed by atoms with Crippen LogP contribution in [0.4, 0.5) is 5.69 Å². The summed E-state index contributed by atoms with van der Waals surface area (Å²) in [6.45, 7) is 0.0315. The molecule has 0 fully saturated rings. The largest absolute Gasteiger partial charge is 0.493 e. The Morgan fingerprint density at radius 1 is 1.45 bits per heavy atom. The number of nitro benzene ring substituents is 1. The van der Waals surface area contributed by atoms with Gasteiger partial charge in [0.15, 0.2) is 18.1 Å². The molecular formula is C11H12N4O5. The van der Waals surface area contributed by atoms with Crippen molar-refractivity contribution in [3.63, 3.8) is 0 Å². The number of ether oxygens (including phenoxy) is 2. The number of hydrogen-bond acceptors (Lipinski definition) is 8. The molecule has 20 heavy (non-hydrogen) atoms. The number of benzene rings is 1. The molecule has 0 saturated carbocycles. The van der Waals surface area contributed by atoms with Gasteiger partial charge < -0.3 is 19.7 Å². The van der Waals surface area contributed by atoms with E-state index in [-0.39, 0.29) is 24.6 Å². The van der Waals surface area contributed by atoms with Crippen LogP contribution in [0, 0.1) is 10.1 Å². The average Bonchev–Trinajstić information content (AvgIpc) is 2.97. The fraction of sp³-hybridized carbons (Fsp3) is 0.273. The van der Waals surface area contributed by atoms with E-state index in [1.54, 1.807) is 0 Å². The van der Waals surface area contributed by atoms with Crippen molar-refractivity contribution in [1.82, 2.24) is 10.1 Å². The van der Waals surface area contributed by atoms with Crippen LogP contribution in [-0.4, -0.2) is 22.2 Å². The number of nitro groups is 1. The lowest BCUT2D eigenvalue weighted by atomic mass is 10.1. The summed E-state index contributed by atoms with van der Waals surface area (Å²) in [5.74, 6) is 0.873. The molecule has 106 valence electrons. The summed E-state index contributed by atoms with van der Waals surface area (Å²) < 4.78 is 15.1. The monoisotopic (exact) mass is 280 g/mol. The van der Waals surface area contributed by atoms with Crippen LogP contribution in [0.15, 0.2) is 23.0 Å². The van der Waals surface area contributed by atoms with Gasteiger partial charge in [0, 0.05) is 12.1 Å².